The highest BCUT2D eigenvalue weighted by Gasteiger charge is 2.17. The lowest BCUT2D eigenvalue weighted by atomic mass is 10.0. The van der Waals surface area contributed by atoms with Crippen LogP contribution in [0.25, 0.3) is 11.0 Å². The van der Waals surface area contributed by atoms with Crippen LogP contribution in [0.2, 0.25) is 0 Å². The molecule has 1 aromatic heterocycles. The van der Waals surface area contributed by atoms with Crippen molar-refractivity contribution < 1.29 is 18.9 Å². The van der Waals surface area contributed by atoms with Crippen LogP contribution in [0.3, 0.4) is 0 Å². The summed E-state index contributed by atoms with van der Waals surface area (Å²) in [6.07, 6.45) is 0. The van der Waals surface area contributed by atoms with E-state index in [-0.39, 0.29) is 17.9 Å². The first-order valence-electron chi connectivity index (χ1n) is 8.23. The van der Waals surface area contributed by atoms with Crippen molar-refractivity contribution in [3.8, 4) is 0 Å². The predicted octanol–water partition coefficient (Wildman–Crippen LogP) is 3.98. The summed E-state index contributed by atoms with van der Waals surface area (Å²) < 4.78 is 10.6. The number of nitrogens with zero attached hydrogens (tertiary/aromatic N) is 1. The molecular weight excluding hydrogens is 350 g/mol. The first kappa shape index (κ1) is 18.3. The summed E-state index contributed by atoms with van der Waals surface area (Å²) >= 11 is 0. The van der Waals surface area contributed by atoms with Gasteiger partial charge in [0.15, 0.2) is 0 Å². The Kier molecular flexibility index (Phi) is 4.77. The highest BCUT2D eigenvalue weighted by atomic mass is 16.6. The Bertz CT molecular complexity index is 1130. The SMILES string of the molecule is Cc1ccc(C(=O)OCc2cc(=O)oc3c(C)c(C)ccc23)cc1[N+](=O)[O-]. The number of rotatable bonds is 4. The van der Waals surface area contributed by atoms with Crippen LogP contribution in [0.1, 0.15) is 32.6 Å². The Morgan fingerprint density at radius 3 is 2.52 bits per heavy atom. The van der Waals surface area contributed by atoms with Crippen LogP contribution in [-0.2, 0) is 11.3 Å². The maximum Gasteiger partial charge on any atom is 0.338 e. The zero-order valence-electron chi connectivity index (χ0n) is 15.1. The molecule has 0 unspecified atom stereocenters. The lowest BCUT2D eigenvalue weighted by Gasteiger charge is -2.10. The summed E-state index contributed by atoms with van der Waals surface area (Å²) in [5.74, 6) is -0.705. The van der Waals surface area contributed by atoms with E-state index in [1.54, 1.807) is 13.0 Å². The van der Waals surface area contributed by atoms with Crippen molar-refractivity contribution in [2.45, 2.75) is 27.4 Å². The summed E-state index contributed by atoms with van der Waals surface area (Å²) in [5.41, 5.74) is 2.63. The number of fused-ring (bicyclic) bond motifs is 1. The number of ether oxygens (including phenoxy) is 1. The quantitative estimate of drug-likeness (QED) is 0.299. The van der Waals surface area contributed by atoms with Gasteiger partial charge in [0, 0.05) is 28.6 Å². The number of hydrogen-bond acceptors (Lipinski definition) is 6. The van der Waals surface area contributed by atoms with Gasteiger partial charge in [-0.3, -0.25) is 10.1 Å². The van der Waals surface area contributed by atoms with Crippen molar-refractivity contribution in [1.82, 2.24) is 0 Å². The van der Waals surface area contributed by atoms with Gasteiger partial charge in [-0.2, -0.15) is 0 Å². The molecule has 0 fully saturated rings. The molecule has 0 saturated carbocycles. The Hall–Kier alpha value is -3.48. The summed E-state index contributed by atoms with van der Waals surface area (Å²) in [6.45, 7) is 5.20. The molecule has 0 saturated heterocycles. The second-order valence-corrected chi connectivity index (χ2v) is 6.31. The van der Waals surface area contributed by atoms with Gasteiger partial charge in [0.05, 0.1) is 10.5 Å². The van der Waals surface area contributed by atoms with E-state index < -0.39 is 16.5 Å². The van der Waals surface area contributed by atoms with Gasteiger partial charge in [0.1, 0.15) is 12.2 Å². The highest BCUT2D eigenvalue weighted by molar-refractivity contribution is 5.90. The first-order chi connectivity index (χ1) is 12.8. The number of esters is 1. The number of carbonyl (C=O) groups excluding carboxylic acids is 1. The zero-order valence-corrected chi connectivity index (χ0v) is 15.1. The number of nitro groups is 1. The van der Waals surface area contributed by atoms with Crippen molar-refractivity contribution in [1.29, 1.82) is 0 Å². The van der Waals surface area contributed by atoms with Gasteiger partial charge < -0.3 is 9.15 Å². The van der Waals surface area contributed by atoms with E-state index in [0.29, 0.717) is 22.1 Å². The Balaban J connectivity index is 1.90. The van der Waals surface area contributed by atoms with E-state index in [1.807, 2.05) is 19.9 Å². The molecule has 0 spiro atoms. The fourth-order valence-corrected chi connectivity index (χ4v) is 2.80. The molecule has 0 N–H and O–H groups in total. The van der Waals surface area contributed by atoms with Crippen LogP contribution in [0.15, 0.2) is 45.6 Å². The number of carbonyl (C=O) groups is 1. The first-order valence-corrected chi connectivity index (χ1v) is 8.23. The molecule has 0 aliphatic rings. The van der Waals surface area contributed by atoms with Gasteiger partial charge >= 0.3 is 11.6 Å². The molecule has 0 radical (unpaired) electrons. The fourth-order valence-electron chi connectivity index (χ4n) is 2.80. The number of aryl methyl sites for hydroxylation is 3. The molecule has 0 amide bonds. The average molecular weight is 367 g/mol. The number of hydrogen-bond donors (Lipinski definition) is 0. The van der Waals surface area contributed by atoms with E-state index in [2.05, 4.69) is 0 Å². The third-order valence-corrected chi connectivity index (χ3v) is 4.52. The van der Waals surface area contributed by atoms with Crippen LogP contribution < -0.4 is 5.63 Å². The van der Waals surface area contributed by atoms with Crippen LogP contribution in [0.5, 0.6) is 0 Å². The van der Waals surface area contributed by atoms with E-state index in [9.17, 15) is 19.7 Å². The monoisotopic (exact) mass is 367 g/mol. The normalized spacial score (nSPS) is 10.8. The van der Waals surface area contributed by atoms with Crippen molar-refractivity contribution in [3.63, 3.8) is 0 Å². The molecule has 1 heterocycles. The number of nitro benzene ring substituents is 1. The molecule has 0 atom stereocenters. The van der Waals surface area contributed by atoms with Gasteiger partial charge in [-0.1, -0.05) is 18.2 Å². The molecule has 7 nitrogen and oxygen atoms in total. The molecule has 2 aromatic carbocycles. The lowest BCUT2D eigenvalue weighted by molar-refractivity contribution is -0.385. The van der Waals surface area contributed by atoms with E-state index in [4.69, 9.17) is 9.15 Å². The molecule has 0 aliphatic carbocycles. The Morgan fingerprint density at radius 1 is 1.11 bits per heavy atom. The summed E-state index contributed by atoms with van der Waals surface area (Å²) in [5, 5.41) is 11.7. The molecule has 0 aliphatic heterocycles. The van der Waals surface area contributed by atoms with Gasteiger partial charge in [-0.25, -0.2) is 9.59 Å². The second kappa shape index (κ2) is 7.03. The second-order valence-electron chi connectivity index (χ2n) is 6.31. The van der Waals surface area contributed by atoms with Crippen molar-refractivity contribution in [2.24, 2.45) is 0 Å². The van der Waals surface area contributed by atoms with Gasteiger partial charge in [-0.15, -0.1) is 0 Å². The minimum atomic E-state index is -0.705. The van der Waals surface area contributed by atoms with E-state index in [1.165, 1.54) is 24.3 Å². The van der Waals surface area contributed by atoms with Crippen LogP contribution in [0.4, 0.5) is 5.69 Å². The summed E-state index contributed by atoms with van der Waals surface area (Å²) in [4.78, 5) is 34.6. The van der Waals surface area contributed by atoms with Crippen LogP contribution in [-0.4, -0.2) is 10.9 Å². The van der Waals surface area contributed by atoms with Gasteiger partial charge in [0.25, 0.3) is 5.69 Å². The molecule has 0 bridgehead atoms. The maximum atomic E-state index is 12.3. The number of benzene rings is 2. The van der Waals surface area contributed by atoms with Crippen LogP contribution in [0, 0.1) is 30.9 Å². The summed E-state index contributed by atoms with van der Waals surface area (Å²) in [6, 6.07) is 9.13. The predicted molar refractivity (Wildman–Crippen MR) is 98.9 cm³/mol. The maximum absolute atomic E-state index is 12.3. The molecular formula is C20H17NO6. The molecule has 7 heteroatoms. The van der Waals surface area contributed by atoms with Gasteiger partial charge in [0.2, 0.25) is 0 Å². The van der Waals surface area contributed by atoms with Crippen LogP contribution >= 0.6 is 0 Å². The molecule has 138 valence electrons. The average Bonchev–Trinajstić information content (AvgIpc) is 2.63. The fraction of sp³-hybridized carbons (Fsp3) is 0.200. The molecule has 3 aromatic rings. The largest absolute Gasteiger partial charge is 0.457 e. The topological polar surface area (TPSA) is 99.7 Å². The van der Waals surface area contributed by atoms with E-state index in [0.717, 1.165) is 11.1 Å². The lowest BCUT2D eigenvalue weighted by Crippen LogP contribution is -2.09. The minimum Gasteiger partial charge on any atom is -0.457 e. The molecule has 3 rings (SSSR count). The summed E-state index contributed by atoms with van der Waals surface area (Å²) in [7, 11) is 0. The Morgan fingerprint density at radius 2 is 1.81 bits per heavy atom. The van der Waals surface area contributed by atoms with Crippen molar-refractivity contribution >= 4 is 22.6 Å². The standard InChI is InChI=1S/C20H17NO6/c1-11-5-7-16-15(9-18(22)27-19(16)13(11)3)10-26-20(23)14-6-4-12(2)17(8-14)21(24)25/h4-9H,10H2,1-3H3. The highest BCUT2D eigenvalue weighted by Crippen LogP contribution is 2.24. The molecule has 27 heavy (non-hydrogen) atoms. The van der Waals surface area contributed by atoms with Crippen molar-refractivity contribution in [2.75, 3.05) is 0 Å². The smallest absolute Gasteiger partial charge is 0.338 e. The third-order valence-electron chi connectivity index (χ3n) is 4.52. The Labute approximate surface area is 154 Å². The van der Waals surface area contributed by atoms with Gasteiger partial charge in [-0.05, 0) is 38.0 Å². The zero-order chi connectivity index (χ0) is 19.7. The third kappa shape index (κ3) is 3.57. The van der Waals surface area contributed by atoms with Crippen molar-refractivity contribution in [3.05, 3.63) is 84.7 Å². The minimum absolute atomic E-state index is 0.0756. The van der Waals surface area contributed by atoms with E-state index >= 15 is 0 Å².